The fourth-order valence-corrected chi connectivity index (χ4v) is 4.71. The zero-order valence-corrected chi connectivity index (χ0v) is 20.3. The van der Waals surface area contributed by atoms with Crippen LogP contribution in [0.1, 0.15) is 11.3 Å². The molecule has 0 aliphatic carbocycles. The number of hydrogen-bond donors (Lipinski definition) is 5. The first-order chi connectivity index (χ1) is 17.2. The molecule has 1 heterocycles. The molecule has 0 saturated carbocycles. The summed E-state index contributed by atoms with van der Waals surface area (Å²) < 4.78 is 24.3. The van der Waals surface area contributed by atoms with Gasteiger partial charge >= 0.3 is 0 Å². The van der Waals surface area contributed by atoms with Crippen LogP contribution in [0.15, 0.2) is 90.2 Å². The lowest BCUT2D eigenvalue weighted by Gasteiger charge is -2.20. The molecule has 36 heavy (non-hydrogen) atoms. The number of aromatic amines is 1. The first-order valence-corrected chi connectivity index (χ1v) is 13.0. The minimum atomic E-state index is -3.39. The summed E-state index contributed by atoms with van der Waals surface area (Å²) in [5, 5.41) is 13.8. The van der Waals surface area contributed by atoms with Crippen LogP contribution in [0.25, 0.3) is 11.1 Å². The topological polar surface area (TPSA) is 154 Å². The Morgan fingerprint density at radius 2 is 1.81 bits per heavy atom. The zero-order chi connectivity index (χ0) is 25.7. The van der Waals surface area contributed by atoms with Crippen LogP contribution < -0.4 is 16.4 Å². The highest BCUT2D eigenvalue weighted by Crippen LogP contribution is 2.28. The number of sulfone groups is 1. The van der Waals surface area contributed by atoms with Gasteiger partial charge in [-0.05, 0) is 35.9 Å². The molecule has 6 N–H and O–H groups in total. The molecule has 0 saturated heterocycles. The molecule has 184 valence electrons. The minimum absolute atomic E-state index is 0.0641. The number of imidazole rings is 1. The molecule has 1 atom stereocenters. The van der Waals surface area contributed by atoms with Crippen molar-refractivity contribution in [3.05, 3.63) is 96.6 Å². The summed E-state index contributed by atoms with van der Waals surface area (Å²) in [7, 11) is -3.39. The summed E-state index contributed by atoms with van der Waals surface area (Å²) in [6.07, 6.45) is 4.73. The molecule has 1 aromatic heterocycles. The van der Waals surface area contributed by atoms with Gasteiger partial charge in [0.25, 0.3) is 0 Å². The third kappa shape index (κ3) is 5.97. The summed E-state index contributed by atoms with van der Waals surface area (Å²) in [6, 6.07) is 20.1. The molecule has 0 unspecified atom stereocenters. The molecule has 1 amide bonds. The lowest BCUT2D eigenvalue weighted by molar-refractivity contribution is -0.116. The molecule has 0 bridgehead atoms. The van der Waals surface area contributed by atoms with Crippen molar-refractivity contribution >= 4 is 33.0 Å². The quantitative estimate of drug-likeness (QED) is 0.175. The number of carbonyl (C=O) groups is 1. The predicted octanol–water partition coefficient (Wildman–Crippen LogP) is 3.43. The Kier molecular flexibility index (Phi) is 7.16. The van der Waals surface area contributed by atoms with Gasteiger partial charge in [0.2, 0.25) is 5.91 Å². The van der Waals surface area contributed by atoms with Crippen LogP contribution in [0, 0.1) is 5.41 Å². The molecule has 10 heteroatoms. The minimum Gasteiger partial charge on any atom is -0.384 e. The first-order valence-electron chi connectivity index (χ1n) is 11.1. The van der Waals surface area contributed by atoms with Crippen molar-refractivity contribution in [1.82, 2.24) is 9.97 Å². The molecule has 0 aliphatic heterocycles. The van der Waals surface area contributed by atoms with Crippen LogP contribution in [-0.2, 0) is 21.1 Å². The van der Waals surface area contributed by atoms with Gasteiger partial charge in [-0.3, -0.25) is 10.2 Å². The van der Waals surface area contributed by atoms with Crippen LogP contribution in [0.3, 0.4) is 0 Å². The number of hydrogen-bond acceptors (Lipinski definition) is 6. The molecular weight excluding hydrogens is 476 g/mol. The van der Waals surface area contributed by atoms with Crippen molar-refractivity contribution < 1.29 is 13.2 Å². The number of benzene rings is 3. The van der Waals surface area contributed by atoms with Gasteiger partial charge in [0, 0.05) is 47.1 Å². The van der Waals surface area contributed by atoms with Crippen molar-refractivity contribution in [2.24, 2.45) is 5.73 Å². The van der Waals surface area contributed by atoms with E-state index in [9.17, 15) is 13.2 Å². The number of H-pyrrole nitrogens is 1. The summed E-state index contributed by atoms with van der Waals surface area (Å²) in [6.45, 7) is 0. The third-order valence-corrected chi connectivity index (χ3v) is 6.71. The number of rotatable bonds is 9. The predicted molar refractivity (Wildman–Crippen MR) is 141 cm³/mol. The van der Waals surface area contributed by atoms with E-state index in [0.717, 1.165) is 11.3 Å². The Morgan fingerprint density at radius 3 is 2.47 bits per heavy atom. The van der Waals surface area contributed by atoms with Gasteiger partial charge in [-0.15, -0.1) is 0 Å². The SMILES string of the molecule is CS(=O)(=O)c1ccccc1-c1ccc(NC(=O)[C@H](Cc2cnc[nH]2)Nc2cccc(C(=N)N)c2)cc1. The number of anilines is 2. The number of amides is 1. The molecule has 0 spiro atoms. The second kappa shape index (κ2) is 10.4. The Hall–Kier alpha value is -4.44. The van der Waals surface area contributed by atoms with Crippen LogP contribution >= 0.6 is 0 Å². The average Bonchev–Trinajstić information content (AvgIpc) is 3.37. The molecule has 4 aromatic rings. The summed E-state index contributed by atoms with van der Waals surface area (Å²) in [4.78, 5) is 20.5. The van der Waals surface area contributed by atoms with Gasteiger partial charge < -0.3 is 21.4 Å². The van der Waals surface area contributed by atoms with E-state index in [1.165, 1.54) is 6.26 Å². The highest BCUT2D eigenvalue weighted by molar-refractivity contribution is 7.90. The Bertz CT molecular complexity index is 1480. The van der Waals surface area contributed by atoms with Gasteiger partial charge in [-0.25, -0.2) is 13.4 Å². The number of nitrogens with one attached hydrogen (secondary N) is 4. The van der Waals surface area contributed by atoms with E-state index in [4.69, 9.17) is 11.1 Å². The maximum Gasteiger partial charge on any atom is 0.247 e. The highest BCUT2D eigenvalue weighted by Gasteiger charge is 2.21. The summed E-state index contributed by atoms with van der Waals surface area (Å²) >= 11 is 0. The second-order valence-corrected chi connectivity index (χ2v) is 10.3. The van der Waals surface area contributed by atoms with E-state index >= 15 is 0 Å². The number of aromatic nitrogens is 2. The van der Waals surface area contributed by atoms with E-state index in [2.05, 4.69) is 20.6 Å². The van der Waals surface area contributed by atoms with Crippen LogP contribution in [0.4, 0.5) is 11.4 Å². The number of amidine groups is 1. The van der Waals surface area contributed by atoms with Crippen molar-refractivity contribution in [2.45, 2.75) is 17.4 Å². The highest BCUT2D eigenvalue weighted by atomic mass is 32.2. The largest absolute Gasteiger partial charge is 0.384 e. The summed E-state index contributed by atoms with van der Waals surface area (Å²) in [5.41, 5.74) is 9.46. The zero-order valence-electron chi connectivity index (χ0n) is 19.5. The lowest BCUT2D eigenvalue weighted by atomic mass is 10.1. The van der Waals surface area contributed by atoms with Crippen LogP contribution in [0.5, 0.6) is 0 Å². The van der Waals surface area contributed by atoms with E-state index in [1.807, 2.05) is 0 Å². The van der Waals surface area contributed by atoms with E-state index in [0.29, 0.717) is 28.9 Å². The van der Waals surface area contributed by atoms with Crippen molar-refractivity contribution in [1.29, 1.82) is 5.41 Å². The number of nitrogens with two attached hydrogens (primary N) is 1. The van der Waals surface area contributed by atoms with Gasteiger partial charge in [0.15, 0.2) is 9.84 Å². The van der Waals surface area contributed by atoms with Crippen molar-refractivity contribution in [2.75, 3.05) is 16.9 Å². The van der Waals surface area contributed by atoms with Crippen LogP contribution in [0.2, 0.25) is 0 Å². The second-order valence-electron chi connectivity index (χ2n) is 8.31. The lowest BCUT2D eigenvalue weighted by Crippen LogP contribution is -2.36. The number of nitrogen functional groups attached to an aromatic ring is 1. The maximum absolute atomic E-state index is 13.2. The smallest absolute Gasteiger partial charge is 0.247 e. The van der Waals surface area contributed by atoms with E-state index < -0.39 is 15.9 Å². The van der Waals surface area contributed by atoms with E-state index in [-0.39, 0.29) is 16.6 Å². The Balaban J connectivity index is 1.55. The molecular formula is C26H26N6O3S. The molecule has 0 aliphatic rings. The van der Waals surface area contributed by atoms with Crippen molar-refractivity contribution in [3.63, 3.8) is 0 Å². The molecule has 4 rings (SSSR count). The number of carbonyl (C=O) groups excluding carboxylic acids is 1. The molecule has 9 nitrogen and oxygen atoms in total. The summed E-state index contributed by atoms with van der Waals surface area (Å²) in [5.74, 6) is -0.340. The maximum atomic E-state index is 13.2. The van der Waals surface area contributed by atoms with Crippen molar-refractivity contribution in [3.8, 4) is 11.1 Å². The Labute approximate surface area is 209 Å². The monoisotopic (exact) mass is 502 g/mol. The fourth-order valence-electron chi connectivity index (χ4n) is 3.79. The van der Waals surface area contributed by atoms with Gasteiger partial charge in [0.05, 0.1) is 11.2 Å². The normalized spacial score (nSPS) is 12.0. The van der Waals surface area contributed by atoms with E-state index in [1.54, 1.807) is 85.3 Å². The molecule has 0 fully saturated rings. The van der Waals surface area contributed by atoms with Gasteiger partial charge in [-0.1, -0.05) is 42.5 Å². The van der Waals surface area contributed by atoms with Crippen LogP contribution in [-0.4, -0.2) is 42.4 Å². The third-order valence-electron chi connectivity index (χ3n) is 5.56. The average molecular weight is 503 g/mol. The Morgan fingerprint density at radius 1 is 1.06 bits per heavy atom. The van der Waals surface area contributed by atoms with Gasteiger partial charge in [-0.2, -0.15) is 0 Å². The standard InChI is InChI=1S/C26H26N6O3S/c1-36(34,35)24-8-3-2-7-22(24)17-9-11-19(12-10-17)32-26(33)23(14-21-15-29-16-30-21)31-20-6-4-5-18(13-20)25(27)28/h2-13,15-16,23,31H,14H2,1H3,(H3,27,28)(H,29,30)(H,32,33)/t23-/m0/s1. The fraction of sp³-hybridized carbons (Fsp3) is 0.115. The van der Waals surface area contributed by atoms with Gasteiger partial charge in [0.1, 0.15) is 11.9 Å². The molecule has 0 radical (unpaired) electrons. The number of nitrogens with zero attached hydrogens (tertiary/aromatic N) is 1. The molecule has 3 aromatic carbocycles. The first kappa shape index (κ1) is 24.7.